The SMILES string of the molecule is OC(CNC1COc2cc(F)cc(F)c21)CC1CCCC1. The van der Waals surface area contributed by atoms with Gasteiger partial charge in [-0.2, -0.15) is 0 Å². The minimum Gasteiger partial charge on any atom is -0.491 e. The molecule has 1 aliphatic carbocycles. The Morgan fingerprint density at radius 1 is 1.29 bits per heavy atom. The summed E-state index contributed by atoms with van der Waals surface area (Å²) in [4.78, 5) is 0. The summed E-state index contributed by atoms with van der Waals surface area (Å²) in [7, 11) is 0. The van der Waals surface area contributed by atoms with Crippen molar-refractivity contribution >= 4 is 0 Å². The van der Waals surface area contributed by atoms with Gasteiger partial charge in [0.1, 0.15) is 24.0 Å². The van der Waals surface area contributed by atoms with Gasteiger partial charge in [-0.1, -0.05) is 25.7 Å². The number of hydrogen-bond donors (Lipinski definition) is 2. The maximum absolute atomic E-state index is 13.8. The van der Waals surface area contributed by atoms with E-state index in [1.54, 1.807) is 0 Å². The molecule has 116 valence electrons. The zero-order valence-corrected chi connectivity index (χ0v) is 11.9. The van der Waals surface area contributed by atoms with E-state index in [0.29, 0.717) is 18.0 Å². The molecule has 0 saturated heterocycles. The average Bonchev–Trinajstić information content (AvgIpc) is 3.05. The van der Waals surface area contributed by atoms with E-state index in [4.69, 9.17) is 4.74 Å². The second kappa shape index (κ2) is 6.28. The molecule has 2 aliphatic rings. The molecule has 2 N–H and O–H groups in total. The van der Waals surface area contributed by atoms with Crippen LogP contribution in [0.2, 0.25) is 0 Å². The molecule has 0 bridgehead atoms. The van der Waals surface area contributed by atoms with E-state index < -0.39 is 17.7 Å². The summed E-state index contributed by atoms with van der Waals surface area (Å²) in [6, 6.07) is 1.76. The van der Waals surface area contributed by atoms with E-state index in [1.807, 2.05) is 0 Å². The van der Waals surface area contributed by atoms with Gasteiger partial charge in [0, 0.05) is 18.7 Å². The van der Waals surface area contributed by atoms with Gasteiger partial charge in [-0.05, 0) is 12.3 Å². The van der Waals surface area contributed by atoms with E-state index in [-0.39, 0.29) is 18.4 Å². The summed E-state index contributed by atoms with van der Waals surface area (Å²) >= 11 is 0. The lowest BCUT2D eigenvalue weighted by Crippen LogP contribution is -2.32. The molecule has 0 aromatic heterocycles. The number of fused-ring (bicyclic) bond motifs is 1. The number of nitrogens with one attached hydrogen (secondary N) is 1. The quantitative estimate of drug-likeness (QED) is 0.878. The molecule has 1 aromatic carbocycles. The molecular weight excluding hydrogens is 276 g/mol. The monoisotopic (exact) mass is 297 g/mol. The van der Waals surface area contributed by atoms with E-state index in [1.165, 1.54) is 31.7 Å². The summed E-state index contributed by atoms with van der Waals surface area (Å²) in [5.74, 6) is -0.353. The molecule has 0 spiro atoms. The Kier molecular flexibility index (Phi) is 4.40. The van der Waals surface area contributed by atoms with Crippen LogP contribution in [0.25, 0.3) is 0 Å². The number of halogens is 2. The number of rotatable bonds is 5. The third kappa shape index (κ3) is 3.35. The highest BCUT2D eigenvalue weighted by Gasteiger charge is 2.29. The Bertz CT molecular complexity index is 503. The van der Waals surface area contributed by atoms with Gasteiger partial charge in [-0.3, -0.25) is 0 Å². The van der Waals surface area contributed by atoms with Gasteiger partial charge >= 0.3 is 0 Å². The lowest BCUT2D eigenvalue weighted by molar-refractivity contribution is 0.135. The smallest absolute Gasteiger partial charge is 0.134 e. The second-order valence-corrected chi connectivity index (χ2v) is 6.11. The maximum atomic E-state index is 13.8. The van der Waals surface area contributed by atoms with Crippen molar-refractivity contribution in [1.29, 1.82) is 0 Å². The fourth-order valence-electron chi connectivity index (χ4n) is 3.43. The summed E-state index contributed by atoms with van der Waals surface area (Å²) in [6.45, 7) is 0.673. The van der Waals surface area contributed by atoms with Crippen LogP contribution in [-0.2, 0) is 0 Å². The lowest BCUT2D eigenvalue weighted by Gasteiger charge is -2.18. The Hall–Kier alpha value is -1.20. The highest BCUT2D eigenvalue weighted by Crippen LogP contribution is 2.35. The van der Waals surface area contributed by atoms with Crippen molar-refractivity contribution < 1.29 is 18.6 Å². The number of ether oxygens (including phenoxy) is 1. The van der Waals surface area contributed by atoms with Crippen LogP contribution >= 0.6 is 0 Å². The Balaban J connectivity index is 1.55. The van der Waals surface area contributed by atoms with Crippen LogP contribution in [0.15, 0.2) is 12.1 Å². The molecule has 1 heterocycles. The normalized spacial score (nSPS) is 23.1. The lowest BCUT2D eigenvalue weighted by atomic mass is 9.99. The zero-order valence-electron chi connectivity index (χ0n) is 11.9. The van der Waals surface area contributed by atoms with Crippen molar-refractivity contribution in [3.8, 4) is 5.75 Å². The first-order valence-corrected chi connectivity index (χ1v) is 7.66. The van der Waals surface area contributed by atoms with Gasteiger partial charge in [0.15, 0.2) is 0 Å². The molecule has 2 atom stereocenters. The number of hydrogen-bond acceptors (Lipinski definition) is 3. The predicted octanol–water partition coefficient (Wildman–Crippen LogP) is 2.93. The van der Waals surface area contributed by atoms with E-state index in [0.717, 1.165) is 12.5 Å². The molecular formula is C16H21F2NO2. The molecule has 3 rings (SSSR count). The van der Waals surface area contributed by atoms with E-state index in [2.05, 4.69) is 5.32 Å². The van der Waals surface area contributed by atoms with Crippen LogP contribution in [-0.4, -0.2) is 24.4 Å². The first kappa shape index (κ1) is 14.7. The van der Waals surface area contributed by atoms with Crippen LogP contribution in [0.3, 0.4) is 0 Å². The van der Waals surface area contributed by atoms with Crippen molar-refractivity contribution in [3.05, 3.63) is 29.3 Å². The van der Waals surface area contributed by atoms with E-state index >= 15 is 0 Å². The first-order chi connectivity index (χ1) is 10.1. The van der Waals surface area contributed by atoms with Crippen molar-refractivity contribution in [1.82, 2.24) is 5.32 Å². The summed E-state index contributed by atoms with van der Waals surface area (Å²) in [5, 5.41) is 13.2. The zero-order chi connectivity index (χ0) is 14.8. The molecule has 21 heavy (non-hydrogen) atoms. The molecule has 1 aromatic rings. The largest absolute Gasteiger partial charge is 0.491 e. The minimum absolute atomic E-state index is 0.260. The van der Waals surface area contributed by atoms with E-state index in [9.17, 15) is 13.9 Å². The van der Waals surface area contributed by atoms with Crippen molar-refractivity contribution in [3.63, 3.8) is 0 Å². The Labute approximate surface area is 123 Å². The third-order valence-electron chi connectivity index (χ3n) is 4.49. The van der Waals surface area contributed by atoms with Crippen LogP contribution in [0, 0.1) is 17.6 Å². The van der Waals surface area contributed by atoms with Crippen LogP contribution in [0.1, 0.15) is 43.7 Å². The second-order valence-electron chi connectivity index (χ2n) is 6.11. The van der Waals surface area contributed by atoms with Crippen LogP contribution in [0.5, 0.6) is 5.75 Å². The summed E-state index contributed by atoms with van der Waals surface area (Å²) < 4.78 is 32.3. The summed E-state index contributed by atoms with van der Waals surface area (Å²) in [6.07, 6.45) is 5.26. The third-order valence-corrected chi connectivity index (χ3v) is 4.49. The molecule has 1 saturated carbocycles. The van der Waals surface area contributed by atoms with Crippen molar-refractivity contribution in [2.75, 3.05) is 13.2 Å². The number of aliphatic hydroxyl groups excluding tert-OH is 1. The molecule has 3 nitrogen and oxygen atoms in total. The Morgan fingerprint density at radius 2 is 2.05 bits per heavy atom. The number of aliphatic hydroxyl groups is 1. The van der Waals surface area contributed by atoms with Gasteiger partial charge < -0.3 is 15.2 Å². The topological polar surface area (TPSA) is 41.5 Å². The molecule has 1 fully saturated rings. The highest BCUT2D eigenvalue weighted by atomic mass is 19.1. The van der Waals surface area contributed by atoms with Gasteiger partial charge in [0.05, 0.1) is 17.7 Å². The Morgan fingerprint density at radius 3 is 2.81 bits per heavy atom. The molecule has 0 radical (unpaired) electrons. The predicted molar refractivity (Wildman–Crippen MR) is 75.2 cm³/mol. The average molecular weight is 297 g/mol. The molecule has 5 heteroatoms. The standard InChI is InChI=1S/C16H21F2NO2/c17-11-6-13(18)16-14(9-21-15(16)7-11)19-8-12(20)5-10-3-1-2-4-10/h6-7,10,12,14,19-20H,1-5,8-9H2. The van der Waals surface area contributed by atoms with Gasteiger partial charge in [-0.25, -0.2) is 8.78 Å². The van der Waals surface area contributed by atoms with Crippen molar-refractivity contribution in [2.24, 2.45) is 5.92 Å². The van der Waals surface area contributed by atoms with Gasteiger partial charge in [0.2, 0.25) is 0 Å². The first-order valence-electron chi connectivity index (χ1n) is 7.66. The molecule has 2 unspecified atom stereocenters. The van der Waals surface area contributed by atoms with Crippen LogP contribution < -0.4 is 10.1 Å². The number of benzene rings is 1. The van der Waals surface area contributed by atoms with Crippen LogP contribution in [0.4, 0.5) is 8.78 Å². The highest BCUT2D eigenvalue weighted by molar-refractivity contribution is 5.41. The van der Waals surface area contributed by atoms with Crippen molar-refractivity contribution in [2.45, 2.75) is 44.2 Å². The maximum Gasteiger partial charge on any atom is 0.134 e. The van der Waals surface area contributed by atoms with Gasteiger partial charge in [0.25, 0.3) is 0 Å². The molecule has 0 amide bonds. The fourth-order valence-corrected chi connectivity index (χ4v) is 3.43. The fraction of sp³-hybridized carbons (Fsp3) is 0.625. The van der Waals surface area contributed by atoms with Gasteiger partial charge in [-0.15, -0.1) is 0 Å². The molecule has 1 aliphatic heterocycles. The minimum atomic E-state index is -0.631. The summed E-state index contributed by atoms with van der Waals surface area (Å²) in [5.41, 5.74) is 0.365.